The van der Waals surface area contributed by atoms with Gasteiger partial charge in [-0.25, -0.2) is 0 Å². The van der Waals surface area contributed by atoms with Gasteiger partial charge in [-0.15, -0.1) is 0 Å². The molecule has 142 valence electrons. The summed E-state index contributed by atoms with van der Waals surface area (Å²) in [6.07, 6.45) is 5.90. The third-order valence-electron chi connectivity index (χ3n) is 4.62. The van der Waals surface area contributed by atoms with Crippen molar-refractivity contribution < 1.29 is 14.7 Å². The Labute approximate surface area is 155 Å². The number of aromatic nitrogens is 3. The Hall–Kier alpha value is -3.07. The van der Waals surface area contributed by atoms with Crippen molar-refractivity contribution in [2.45, 2.75) is 31.5 Å². The van der Waals surface area contributed by atoms with Crippen LogP contribution in [-0.2, 0) is 18.4 Å². The first kappa shape index (κ1) is 18.7. The molecule has 1 saturated carbocycles. The van der Waals surface area contributed by atoms with Gasteiger partial charge in [-0.3, -0.25) is 24.4 Å². The van der Waals surface area contributed by atoms with E-state index in [0.29, 0.717) is 17.7 Å². The maximum Gasteiger partial charge on any atom is 0.253 e. The Kier molecular flexibility index (Phi) is 5.60. The van der Waals surface area contributed by atoms with Gasteiger partial charge < -0.3 is 20.3 Å². The van der Waals surface area contributed by atoms with Crippen molar-refractivity contribution >= 4 is 11.8 Å². The van der Waals surface area contributed by atoms with Gasteiger partial charge in [0.25, 0.3) is 5.91 Å². The molecule has 0 unspecified atom stereocenters. The van der Waals surface area contributed by atoms with E-state index in [0.717, 1.165) is 0 Å². The number of pyridine rings is 1. The molecule has 3 rings (SSSR count). The average molecular weight is 371 g/mol. The van der Waals surface area contributed by atoms with Crippen LogP contribution in [0, 0.1) is 5.92 Å². The summed E-state index contributed by atoms with van der Waals surface area (Å²) in [7, 11) is 1.56. The molecule has 1 aliphatic carbocycles. The van der Waals surface area contributed by atoms with Crippen LogP contribution in [0.25, 0.3) is 0 Å². The minimum Gasteiger partial charge on any atom is -0.391 e. The van der Waals surface area contributed by atoms with Gasteiger partial charge >= 0.3 is 0 Å². The van der Waals surface area contributed by atoms with Gasteiger partial charge in [0, 0.05) is 37.6 Å². The normalized spacial score (nSPS) is 21.6. The van der Waals surface area contributed by atoms with Crippen molar-refractivity contribution in [1.29, 1.82) is 0 Å². The van der Waals surface area contributed by atoms with Crippen LogP contribution < -0.4 is 16.2 Å². The predicted molar refractivity (Wildman–Crippen MR) is 95.5 cm³/mol. The molecule has 0 radical (unpaired) electrons. The molecule has 0 spiro atoms. The van der Waals surface area contributed by atoms with Crippen molar-refractivity contribution in [2.24, 2.45) is 13.0 Å². The summed E-state index contributed by atoms with van der Waals surface area (Å²) < 4.78 is 1.31. The number of hydrogen-bond acceptors (Lipinski definition) is 6. The second kappa shape index (κ2) is 8.09. The molecular weight excluding hydrogens is 350 g/mol. The highest BCUT2D eigenvalue weighted by Gasteiger charge is 2.37. The van der Waals surface area contributed by atoms with Gasteiger partial charge in [0.2, 0.25) is 11.5 Å². The average Bonchev–Trinajstić information content (AvgIpc) is 3.03. The summed E-state index contributed by atoms with van der Waals surface area (Å²) in [6, 6.07) is 2.22. The minimum atomic E-state index is -0.811. The summed E-state index contributed by atoms with van der Waals surface area (Å²) in [4.78, 5) is 44.1. The van der Waals surface area contributed by atoms with Crippen LogP contribution in [-0.4, -0.2) is 43.6 Å². The molecular formula is C18H21N5O4. The van der Waals surface area contributed by atoms with Crippen LogP contribution in [0.15, 0.2) is 41.7 Å². The van der Waals surface area contributed by atoms with Crippen LogP contribution in [0.3, 0.4) is 0 Å². The molecule has 9 heteroatoms. The Morgan fingerprint density at radius 1 is 1.30 bits per heavy atom. The Morgan fingerprint density at radius 2 is 2.11 bits per heavy atom. The third kappa shape index (κ3) is 4.56. The van der Waals surface area contributed by atoms with E-state index in [1.54, 1.807) is 25.6 Å². The van der Waals surface area contributed by atoms with Crippen molar-refractivity contribution in [1.82, 2.24) is 25.2 Å². The summed E-state index contributed by atoms with van der Waals surface area (Å²) in [6.45, 7) is 0.258. The zero-order chi connectivity index (χ0) is 19.4. The fourth-order valence-electron chi connectivity index (χ4n) is 3.11. The smallest absolute Gasteiger partial charge is 0.253 e. The Bertz CT molecular complexity index is 883. The molecule has 0 aromatic carbocycles. The highest BCUT2D eigenvalue weighted by Crippen LogP contribution is 2.26. The Morgan fingerprint density at radius 3 is 2.81 bits per heavy atom. The van der Waals surface area contributed by atoms with Crippen molar-refractivity contribution in [3.05, 3.63) is 58.5 Å². The van der Waals surface area contributed by atoms with Crippen molar-refractivity contribution in [2.75, 3.05) is 0 Å². The van der Waals surface area contributed by atoms with Gasteiger partial charge in [-0.1, -0.05) is 0 Å². The molecule has 3 atom stereocenters. The van der Waals surface area contributed by atoms with Gasteiger partial charge in [0.15, 0.2) is 0 Å². The second-order valence-corrected chi connectivity index (χ2v) is 6.60. The van der Waals surface area contributed by atoms with E-state index in [1.165, 1.54) is 22.9 Å². The number of hydrogen-bond donors (Lipinski definition) is 3. The fourth-order valence-corrected chi connectivity index (χ4v) is 3.11. The van der Waals surface area contributed by atoms with Gasteiger partial charge in [-0.2, -0.15) is 0 Å². The fraction of sp³-hybridized carbons (Fsp3) is 0.389. The first-order valence-corrected chi connectivity index (χ1v) is 8.62. The predicted octanol–water partition coefficient (Wildman–Crippen LogP) is -0.639. The first-order chi connectivity index (χ1) is 12.9. The monoisotopic (exact) mass is 371 g/mol. The number of amides is 2. The summed E-state index contributed by atoms with van der Waals surface area (Å²) in [5, 5.41) is 15.7. The summed E-state index contributed by atoms with van der Waals surface area (Å²) in [5.41, 5.74) is 0.746. The van der Waals surface area contributed by atoms with Crippen molar-refractivity contribution in [3.63, 3.8) is 0 Å². The summed E-state index contributed by atoms with van der Waals surface area (Å²) >= 11 is 0. The van der Waals surface area contributed by atoms with Crippen molar-refractivity contribution in [3.8, 4) is 0 Å². The number of rotatable bonds is 5. The number of nitrogens with one attached hydrogen (secondary N) is 2. The molecule has 27 heavy (non-hydrogen) atoms. The number of aryl methyl sites for hydroxylation is 1. The van der Waals surface area contributed by atoms with Gasteiger partial charge in [0.05, 0.1) is 36.1 Å². The van der Waals surface area contributed by atoms with E-state index in [1.807, 2.05) is 0 Å². The van der Waals surface area contributed by atoms with Crippen LogP contribution in [0.2, 0.25) is 0 Å². The summed E-state index contributed by atoms with van der Waals surface area (Å²) in [5.74, 6) is -0.990. The molecule has 0 aliphatic heterocycles. The lowest BCUT2D eigenvalue weighted by atomic mass is 10.1. The lowest BCUT2D eigenvalue weighted by Gasteiger charge is -2.16. The van der Waals surface area contributed by atoms with E-state index in [2.05, 4.69) is 20.6 Å². The van der Waals surface area contributed by atoms with E-state index in [4.69, 9.17) is 0 Å². The van der Waals surface area contributed by atoms with Gasteiger partial charge in [-0.05, 0) is 18.9 Å². The Balaban J connectivity index is 1.55. The highest BCUT2D eigenvalue weighted by molar-refractivity contribution is 5.94. The van der Waals surface area contributed by atoms with Gasteiger partial charge in [0.1, 0.15) is 0 Å². The van der Waals surface area contributed by atoms with E-state index < -0.39 is 24.0 Å². The molecule has 2 aromatic rings. The zero-order valence-corrected chi connectivity index (χ0v) is 14.8. The molecule has 1 fully saturated rings. The maximum atomic E-state index is 12.3. The molecule has 3 N–H and O–H groups in total. The second-order valence-electron chi connectivity index (χ2n) is 6.60. The van der Waals surface area contributed by atoms with Crippen LogP contribution in [0.4, 0.5) is 0 Å². The SMILES string of the molecule is Cn1cc(C(=O)N[C@H]2C[C@H](C(=O)NCc3cnccn3)C[C@@H]2O)ccc1=O. The lowest BCUT2D eigenvalue weighted by Crippen LogP contribution is -2.40. The zero-order valence-electron chi connectivity index (χ0n) is 14.8. The van der Waals surface area contributed by atoms with Crippen LogP contribution >= 0.6 is 0 Å². The molecule has 2 amide bonds. The largest absolute Gasteiger partial charge is 0.391 e. The number of aliphatic hydroxyl groups is 1. The van der Waals surface area contributed by atoms with Crippen LogP contribution in [0.5, 0.6) is 0 Å². The van der Waals surface area contributed by atoms with E-state index >= 15 is 0 Å². The quantitative estimate of drug-likeness (QED) is 0.642. The van der Waals surface area contributed by atoms with E-state index in [9.17, 15) is 19.5 Å². The minimum absolute atomic E-state index is 0.196. The number of carbonyl (C=O) groups excluding carboxylic acids is 2. The molecule has 2 heterocycles. The topological polar surface area (TPSA) is 126 Å². The van der Waals surface area contributed by atoms with Crippen LogP contribution in [0.1, 0.15) is 28.9 Å². The standard InChI is InChI=1S/C18H21N5O4/c1-23-10-11(2-3-16(23)25)18(27)22-14-6-12(7-15(14)24)17(26)21-9-13-8-19-4-5-20-13/h2-5,8,10,12,14-15,24H,6-7,9H2,1H3,(H,21,26)(H,22,27)/t12-,14-,15-/m0/s1. The van der Waals surface area contributed by atoms with E-state index in [-0.39, 0.29) is 24.4 Å². The number of aliphatic hydroxyl groups excluding tert-OH is 1. The molecule has 1 aliphatic rings. The molecule has 9 nitrogen and oxygen atoms in total. The third-order valence-corrected chi connectivity index (χ3v) is 4.62. The maximum absolute atomic E-state index is 12.3. The molecule has 0 bridgehead atoms. The molecule has 0 saturated heterocycles. The number of carbonyl (C=O) groups is 2. The lowest BCUT2D eigenvalue weighted by molar-refractivity contribution is -0.125. The highest BCUT2D eigenvalue weighted by atomic mass is 16.3. The molecule has 2 aromatic heterocycles. The first-order valence-electron chi connectivity index (χ1n) is 8.62. The number of nitrogens with zero attached hydrogens (tertiary/aromatic N) is 3.